The highest BCUT2D eigenvalue weighted by atomic mass is 19.4. The number of allylic oxidation sites excluding steroid dienone is 2. The second-order valence-corrected chi connectivity index (χ2v) is 3.94. The molecule has 0 aromatic heterocycles. The summed E-state index contributed by atoms with van der Waals surface area (Å²) in [5.41, 5.74) is -2.34. The van der Waals surface area contributed by atoms with Crippen molar-refractivity contribution in [3.05, 3.63) is 35.8 Å². The number of aliphatic hydroxyl groups is 1. The van der Waals surface area contributed by atoms with Gasteiger partial charge in [-0.05, 0) is 0 Å². The largest absolute Gasteiger partial charge is 0.505 e. The van der Waals surface area contributed by atoms with Crippen LogP contribution in [-0.2, 0) is 4.74 Å². The second kappa shape index (κ2) is 6.28. The minimum Gasteiger partial charge on any atom is -0.505 e. The Morgan fingerprint density at radius 3 is 2.10 bits per heavy atom. The van der Waals surface area contributed by atoms with E-state index in [9.17, 15) is 22.0 Å². The minimum absolute atomic E-state index is 0.684. The van der Waals surface area contributed by atoms with Crippen molar-refractivity contribution in [2.45, 2.75) is 32.9 Å². The molecule has 0 spiro atoms. The summed E-state index contributed by atoms with van der Waals surface area (Å²) in [4.78, 5) is 0. The average molecular weight is 300 g/mol. The first-order valence-corrected chi connectivity index (χ1v) is 5.88. The van der Waals surface area contributed by atoms with Crippen molar-refractivity contribution in [1.29, 1.82) is 0 Å². The van der Waals surface area contributed by atoms with Gasteiger partial charge in [0.05, 0.1) is 11.5 Å². The van der Waals surface area contributed by atoms with Gasteiger partial charge in [0.25, 0.3) is 5.92 Å². The third-order valence-electron chi connectivity index (χ3n) is 2.65. The first-order chi connectivity index (χ1) is 8.98. The van der Waals surface area contributed by atoms with Crippen LogP contribution in [0.4, 0.5) is 22.0 Å². The van der Waals surface area contributed by atoms with Crippen molar-refractivity contribution in [2.24, 2.45) is 5.92 Å². The van der Waals surface area contributed by atoms with E-state index in [0.717, 1.165) is 6.92 Å². The molecule has 0 aromatic rings. The molecule has 20 heavy (non-hydrogen) atoms. The Hall–Kier alpha value is -1.53. The van der Waals surface area contributed by atoms with Crippen LogP contribution < -0.4 is 0 Å². The third kappa shape index (κ3) is 3.74. The summed E-state index contributed by atoms with van der Waals surface area (Å²) in [6.45, 7) is 9.55. The fourth-order valence-electron chi connectivity index (χ4n) is 1.57. The summed E-state index contributed by atoms with van der Waals surface area (Å²) >= 11 is 0. The van der Waals surface area contributed by atoms with Gasteiger partial charge < -0.3 is 9.84 Å². The third-order valence-corrected chi connectivity index (χ3v) is 2.65. The van der Waals surface area contributed by atoms with Crippen molar-refractivity contribution in [1.82, 2.24) is 0 Å². The summed E-state index contributed by atoms with van der Waals surface area (Å²) < 4.78 is 68.8. The molecule has 1 aliphatic rings. The molecule has 1 unspecified atom stereocenters. The van der Waals surface area contributed by atoms with Crippen LogP contribution in [0.3, 0.4) is 0 Å². The van der Waals surface area contributed by atoms with Crippen LogP contribution in [0, 0.1) is 5.92 Å². The first-order valence-electron chi connectivity index (χ1n) is 5.88. The summed E-state index contributed by atoms with van der Waals surface area (Å²) in [5.74, 6) is -6.77. The normalized spacial score (nSPS) is 21.5. The number of alkyl halides is 5. The highest BCUT2D eigenvalue weighted by Crippen LogP contribution is 2.45. The molecule has 0 aromatic carbocycles. The quantitative estimate of drug-likeness (QED) is 0.588. The molecule has 0 saturated heterocycles. The lowest BCUT2D eigenvalue weighted by Crippen LogP contribution is -2.39. The maximum atomic E-state index is 13.4. The van der Waals surface area contributed by atoms with E-state index >= 15 is 0 Å². The van der Waals surface area contributed by atoms with Crippen LogP contribution in [0.1, 0.15) is 20.8 Å². The molecule has 0 amide bonds. The van der Waals surface area contributed by atoms with E-state index in [1.54, 1.807) is 0 Å². The second-order valence-electron chi connectivity index (χ2n) is 3.94. The predicted octanol–water partition coefficient (Wildman–Crippen LogP) is 4.76. The predicted molar refractivity (Wildman–Crippen MR) is 65.4 cm³/mol. The van der Waals surface area contributed by atoms with Crippen molar-refractivity contribution in [3.8, 4) is 0 Å². The number of halogens is 5. The average Bonchev–Trinajstić information content (AvgIpc) is 2.32. The lowest BCUT2D eigenvalue weighted by molar-refractivity contribution is -0.116. The summed E-state index contributed by atoms with van der Waals surface area (Å²) in [5, 5.41) is 9.12. The van der Waals surface area contributed by atoms with Gasteiger partial charge in [-0.1, -0.05) is 33.9 Å². The van der Waals surface area contributed by atoms with Crippen LogP contribution in [0.2, 0.25) is 0 Å². The minimum atomic E-state index is -4.89. The van der Waals surface area contributed by atoms with E-state index in [0.29, 0.717) is 0 Å². The van der Waals surface area contributed by atoms with E-state index in [4.69, 9.17) is 5.11 Å². The zero-order chi connectivity index (χ0) is 16.3. The highest BCUT2D eigenvalue weighted by molar-refractivity contribution is 5.43. The van der Waals surface area contributed by atoms with Crippen molar-refractivity contribution >= 4 is 0 Å². The zero-order valence-electron chi connectivity index (χ0n) is 11.4. The Morgan fingerprint density at radius 2 is 1.75 bits per heavy atom. The number of hydrogen-bond donors (Lipinski definition) is 1. The maximum Gasteiger partial charge on any atom is 0.416 e. The summed E-state index contributed by atoms with van der Waals surface area (Å²) in [7, 11) is 0. The topological polar surface area (TPSA) is 29.5 Å². The number of ether oxygens (including phenoxy) is 1. The molecule has 0 aliphatic carbocycles. The summed E-state index contributed by atoms with van der Waals surface area (Å²) in [6, 6.07) is 0. The Kier molecular flexibility index (Phi) is 5.80. The van der Waals surface area contributed by atoms with E-state index in [1.807, 2.05) is 13.8 Å². The van der Waals surface area contributed by atoms with Gasteiger partial charge >= 0.3 is 6.18 Å². The molecule has 0 fully saturated rings. The maximum absolute atomic E-state index is 13.4. The van der Waals surface area contributed by atoms with Crippen molar-refractivity contribution in [2.75, 3.05) is 6.61 Å². The van der Waals surface area contributed by atoms with Crippen LogP contribution in [0.25, 0.3) is 0 Å². The molecule has 0 saturated carbocycles. The molecule has 0 bridgehead atoms. The number of aliphatic hydroxyl groups excluding tert-OH is 1. The van der Waals surface area contributed by atoms with Gasteiger partial charge in [0.15, 0.2) is 18.1 Å². The lowest BCUT2D eigenvalue weighted by atomic mass is 9.86. The van der Waals surface area contributed by atoms with E-state index in [-0.39, 0.29) is 0 Å². The molecular formula is C13H17F5O2. The molecule has 0 radical (unpaired) electrons. The first kappa shape index (κ1) is 18.5. The molecule has 116 valence electrons. The van der Waals surface area contributed by atoms with Gasteiger partial charge in [-0.25, -0.2) is 8.78 Å². The van der Waals surface area contributed by atoms with Gasteiger partial charge in [-0.15, -0.1) is 0 Å². The standard InChI is InChI=1S/C11H11F5O2.C2H6/c1-5-8(6(2)11(14,15)16)9(7(3)17)18-4-10(5,12)13;1-2/h5,17H,2-4H2,1H3;1-2H3. The number of rotatable bonds is 2. The lowest BCUT2D eigenvalue weighted by Gasteiger charge is -2.34. The monoisotopic (exact) mass is 300 g/mol. The molecule has 1 atom stereocenters. The zero-order valence-corrected chi connectivity index (χ0v) is 11.4. The molecule has 2 nitrogen and oxygen atoms in total. The van der Waals surface area contributed by atoms with E-state index < -0.39 is 47.3 Å². The van der Waals surface area contributed by atoms with E-state index in [2.05, 4.69) is 17.9 Å². The Labute approximate surface area is 114 Å². The van der Waals surface area contributed by atoms with Crippen LogP contribution in [0.5, 0.6) is 0 Å². The van der Waals surface area contributed by atoms with Crippen LogP contribution >= 0.6 is 0 Å². The molecule has 1 rings (SSSR count). The molecule has 1 N–H and O–H groups in total. The van der Waals surface area contributed by atoms with E-state index in [1.165, 1.54) is 0 Å². The molecular weight excluding hydrogens is 283 g/mol. The van der Waals surface area contributed by atoms with Crippen LogP contribution in [0.15, 0.2) is 35.8 Å². The summed E-state index contributed by atoms with van der Waals surface area (Å²) in [6.07, 6.45) is -4.89. The fourth-order valence-corrected chi connectivity index (χ4v) is 1.57. The molecule has 7 heteroatoms. The Morgan fingerprint density at radius 1 is 1.30 bits per heavy atom. The van der Waals surface area contributed by atoms with Gasteiger partial charge in [-0.2, -0.15) is 13.2 Å². The smallest absolute Gasteiger partial charge is 0.416 e. The van der Waals surface area contributed by atoms with Gasteiger partial charge in [-0.3, -0.25) is 0 Å². The Balaban J connectivity index is 0.00000172. The molecule has 1 aliphatic heterocycles. The fraction of sp³-hybridized carbons (Fsp3) is 0.538. The SMILES string of the molecule is C=C(O)C1=C(C(=C)C(F)(F)F)C(C)C(F)(F)CO1.CC. The molecule has 1 heterocycles. The van der Waals surface area contributed by atoms with Crippen molar-refractivity contribution in [3.63, 3.8) is 0 Å². The van der Waals surface area contributed by atoms with Crippen molar-refractivity contribution < 1.29 is 31.8 Å². The van der Waals surface area contributed by atoms with Gasteiger partial charge in [0.1, 0.15) is 0 Å². The Bertz CT molecular complexity index is 421. The van der Waals surface area contributed by atoms with Crippen LogP contribution in [-0.4, -0.2) is 23.8 Å². The van der Waals surface area contributed by atoms with Gasteiger partial charge in [0.2, 0.25) is 0 Å². The number of hydrogen-bond acceptors (Lipinski definition) is 2. The highest BCUT2D eigenvalue weighted by Gasteiger charge is 2.50. The van der Waals surface area contributed by atoms with Gasteiger partial charge in [0, 0.05) is 5.57 Å².